The Kier molecular flexibility index (Phi) is 4.83. The van der Waals surface area contributed by atoms with E-state index in [-0.39, 0.29) is 18.2 Å². The number of hydrogen-bond donors (Lipinski definition) is 3. The Morgan fingerprint density at radius 3 is 2.61 bits per heavy atom. The van der Waals surface area contributed by atoms with Crippen LogP contribution in [0.25, 0.3) is 0 Å². The first-order valence-electron chi connectivity index (χ1n) is 5.39. The molecule has 0 heterocycles. The lowest BCUT2D eigenvalue weighted by atomic mass is 10.1. The van der Waals surface area contributed by atoms with Crippen LogP contribution in [0.5, 0.6) is 0 Å². The zero-order valence-corrected chi connectivity index (χ0v) is 11.0. The van der Waals surface area contributed by atoms with Gasteiger partial charge in [-0.15, -0.1) is 0 Å². The van der Waals surface area contributed by atoms with E-state index in [0.29, 0.717) is 5.56 Å². The molecule has 0 bridgehead atoms. The van der Waals surface area contributed by atoms with Crippen molar-refractivity contribution in [3.8, 4) is 0 Å². The summed E-state index contributed by atoms with van der Waals surface area (Å²) in [6, 6.07) is 5.91. The molecular weight excluding hydrogens is 256 g/mol. The van der Waals surface area contributed by atoms with Crippen molar-refractivity contribution in [2.24, 2.45) is 0 Å². The fourth-order valence-electron chi connectivity index (χ4n) is 1.34. The van der Waals surface area contributed by atoms with Gasteiger partial charge in [0, 0.05) is 12.6 Å². The fraction of sp³-hybridized carbons (Fsp3) is 0.364. The van der Waals surface area contributed by atoms with E-state index < -0.39 is 16.2 Å². The molecule has 0 saturated carbocycles. The molecule has 18 heavy (non-hydrogen) atoms. The number of aromatic carboxylic acids is 1. The van der Waals surface area contributed by atoms with Gasteiger partial charge in [0.05, 0.1) is 5.56 Å². The highest BCUT2D eigenvalue weighted by molar-refractivity contribution is 7.87. The largest absolute Gasteiger partial charge is 0.478 e. The lowest BCUT2D eigenvalue weighted by Crippen LogP contribution is -2.39. The van der Waals surface area contributed by atoms with E-state index in [2.05, 4.69) is 9.44 Å². The molecule has 1 aromatic rings. The van der Waals surface area contributed by atoms with Crippen LogP contribution in [0, 0.1) is 0 Å². The van der Waals surface area contributed by atoms with E-state index >= 15 is 0 Å². The van der Waals surface area contributed by atoms with Crippen LogP contribution >= 0.6 is 0 Å². The Morgan fingerprint density at radius 1 is 1.39 bits per heavy atom. The van der Waals surface area contributed by atoms with Gasteiger partial charge in [0.2, 0.25) is 0 Å². The second kappa shape index (κ2) is 5.94. The number of benzene rings is 1. The van der Waals surface area contributed by atoms with Gasteiger partial charge < -0.3 is 5.11 Å². The minimum atomic E-state index is -3.56. The number of rotatable bonds is 6. The Balaban J connectivity index is 2.69. The number of nitrogens with one attached hydrogen (secondary N) is 2. The lowest BCUT2D eigenvalue weighted by Gasteiger charge is -2.10. The first-order valence-corrected chi connectivity index (χ1v) is 6.87. The molecule has 1 rings (SSSR count). The highest BCUT2D eigenvalue weighted by atomic mass is 32.2. The molecule has 3 N–H and O–H groups in total. The molecule has 0 aromatic heterocycles. The smallest absolute Gasteiger partial charge is 0.335 e. The minimum absolute atomic E-state index is 0.0448. The average Bonchev–Trinajstić information content (AvgIpc) is 2.25. The third-order valence-electron chi connectivity index (χ3n) is 2.03. The summed E-state index contributed by atoms with van der Waals surface area (Å²) in [6.45, 7) is 3.47. The van der Waals surface area contributed by atoms with Gasteiger partial charge in [0.15, 0.2) is 0 Å². The van der Waals surface area contributed by atoms with Crippen LogP contribution in [0.15, 0.2) is 24.3 Å². The molecule has 0 saturated heterocycles. The molecule has 0 aliphatic carbocycles. The molecule has 0 unspecified atom stereocenters. The third kappa shape index (κ3) is 4.82. The van der Waals surface area contributed by atoms with E-state index in [9.17, 15) is 13.2 Å². The second-order valence-electron chi connectivity index (χ2n) is 4.10. The normalized spacial score (nSPS) is 11.7. The molecule has 0 radical (unpaired) electrons. The van der Waals surface area contributed by atoms with Crippen LogP contribution in [-0.4, -0.2) is 25.5 Å². The summed E-state index contributed by atoms with van der Waals surface area (Å²) in [5, 5.41) is 8.81. The summed E-state index contributed by atoms with van der Waals surface area (Å²) < 4.78 is 27.7. The maximum Gasteiger partial charge on any atom is 0.335 e. The zero-order valence-electron chi connectivity index (χ0n) is 10.2. The highest BCUT2D eigenvalue weighted by Gasteiger charge is 2.11. The summed E-state index contributed by atoms with van der Waals surface area (Å²) >= 11 is 0. The van der Waals surface area contributed by atoms with Gasteiger partial charge in [0.25, 0.3) is 10.2 Å². The highest BCUT2D eigenvalue weighted by Crippen LogP contribution is 2.05. The SMILES string of the molecule is CC(C)NS(=O)(=O)NCc1cccc(C(=O)O)c1. The van der Waals surface area contributed by atoms with Crippen molar-refractivity contribution in [2.45, 2.75) is 26.4 Å². The van der Waals surface area contributed by atoms with Crippen LogP contribution in [0.3, 0.4) is 0 Å². The number of carboxylic acids is 1. The molecule has 0 spiro atoms. The third-order valence-corrected chi connectivity index (χ3v) is 3.34. The fourth-order valence-corrected chi connectivity index (χ4v) is 2.41. The predicted octanol–water partition coefficient (Wildman–Crippen LogP) is 0.717. The van der Waals surface area contributed by atoms with Crippen molar-refractivity contribution in [2.75, 3.05) is 0 Å². The predicted molar refractivity (Wildman–Crippen MR) is 67.4 cm³/mol. The van der Waals surface area contributed by atoms with Crippen molar-refractivity contribution in [3.63, 3.8) is 0 Å². The summed E-state index contributed by atoms with van der Waals surface area (Å²) in [5.74, 6) is -1.04. The minimum Gasteiger partial charge on any atom is -0.478 e. The Morgan fingerprint density at radius 2 is 2.06 bits per heavy atom. The summed E-state index contributed by atoms with van der Waals surface area (Å²) in [6.07, 6.45) is 0. The zero-order chi connectivity index (χ0) is 13.8. The maximum absolute atomic E-state index is 11.5. The first-order chi connectivity index (χ1) is 8.30. The Bertz CT molecular complexity index is 526. The van der Waals surface area contributed by atoms with E-state index in [4.69, 9.17) is 5.11 Å². The van der Waals surface area contributed by atoms with Gasteiger partial charge in [-0.1, -0.05) is 12.1 Å². The summed E-state index contributed by atoms with van der Waals surface area (Å²) in [7, 11) is -3.56. The van der Waals surface area contributed by atoms with E-state index in [0.717, 1.165) is 0 Å². The van der Waals surface area contributed by atoms with Crippen LogP contribution in [0.1, 0.15) is 29.8 Å². The maximum atomic E-state index is 11.5. The monoisotopic (exact) mass is 272 g/mol. The number of carboxylic acid groups (broad SMARTS) is 1. The standard InChI is InChI=1S/C11H16N2O4S/c1-8(2)13-18(16,17)12-7-9-4-3-5-10(6-9)11(14)15/h3-6,8,12-13H,7H2,1-2H3,(H,14,15). The molecule has 100 valence electrons. The molecule has 0 aliphatic heterocycles. The topological polar surface area (TPSA) is 95.5 Å². The van der Waals surface area contributed by atoms with Gasteiger partial charge in [-0.2, -0.15) is 17.9 Å². The van der Waals surface area contributed by atoms with Crippen LogP contribution in [0.4, 0.5) is 0 Å². The Labute approximate surface area is 106 Å². The first kappa shape index (κ1) is 14.6. The Hall–Kier alpha value is -1.44. The summed E-state index contributed by atoms with van der Waals surface area (Å²) in [5.41, 5.74) is 0.715. The molecule has 0 amide bonds. The van der Waals surface area contributed by atoms with Crippen molar-refractivity contribution >= 4 is 16.2 Å². The van der Waals surface area contributed by atoms with Gasteiger partial charge >= 0.3 is 5.97 Å². The van der Waals surface area contributed by atoms with Crippen LogP contribution < -0.4 is 9.44 Å². The second-order valence-corrected chi connectivity index (χ2v) is 5.63. The number of carbonyl (C=O) groups is 1. The molecule has 0 atom stereocenters. The van der Waals surface area contributed by atoms with Crippen molar-refractivity contribution < 1.29 is 18.3 Å². The quantitative estimate of drug-likeness (QED) is 0.711. The molecule has 0 fully saturated rings. The molecule has 7 heteroatoms. The van der Waals surface area contributed by atoms with Gasteiger partial charge in [-0.3, -0.25) is 0 Å². The molecular formula is C11H16N2O4S. The average molecular weight is 272 g/mol. The summed E-state index contributed by atoms with van der Waals surface area (Å²) in [4.78, 5) is 10.7. The van der Waals surface area contributed by atoms with Gasteiger partial charge in [-0.25, -0.2) is 4.79 Å². The van der Waals surface area contributed by atoms with Crippen molar-refractivity contribution in [1.29, 1.82) is 0 Å². The van der Waals surface area contributed by atoms with Crippen molar-refractivity contribution in [3.05, 3.63) is 35.4 Å². The van der Waals surface area contributed by atoms with E-state index in [1.54, 1.807) is 26.0 Å². The van der Waals surface area contributed by atoms with E-state index in [1.165, 1.54) is 12.1 Å². The van der Waals surface area contributed by atoms with E-state index in [1.807, 2.05) is 0 Å². The molecule has 6 nitrogen and oxygen atoms in total. The van der Waals surface area contributed by atoms with Crippen LogP contribution in [-0.2, 0) is 16.8 Å². The van der Waals surface area contributed by atoms with Gasteiger partial charge in [0.1, 0.15) is 0 Å². The van der Waals surface area contributed by atoms with Crippen LogP contribution in [0.2, 0.25) is 0 Å². The molecule has 0 aliphatic rings. The number of hydrogen-bond acceptors (Lipinski definition) is 3. The van der Waals surface area contributed by atoms with Crippen molar-refractivity contribution in [1.82, 2.24) is 9.44 Å². The van der Waals surface area contributed by atoms with Gasteiger partial charge in [-0.05, 0) is 31.5 Å². The molecule has 1 aromatic carbocycles. The lowest BCUT2D eigenvalue weighted by molar-refractivity contribution is 0.0696.